The summed E-state index contributed by atoms with van der Waals surface area (Å²) in [6, 6.07) is 6.00. The highest BCUT2D eigenvalue weighted by molar-refractivity contribution is 5.39. The number of rotatable bonds is 6. The van der Waals surface area contributed by atoms with Crippen LogP contribution < -0.4 is 5.32 Å². The number of imidazole rings is 1. The molecule has 0 unspecified atom stereocenters. The lowest BCUT2D eigenvalue weighted by Gasteiger charge is -2.07. The third-order valence-corrected chi connectivity index (χ3v) is 2.45. The zero-order valence-electron chi connectivity index (χ0n) is 10.4. The van der Waals surface area contributed by atoms with Crippen LogP contribution >= 0.6 is 0 Å². The van der Waals surface area contributed by atoms with Crippen molar-refractivity contribution in [3.63, 3.8) is 0 Å². The van der Waals surface area contributed by atoms with E-state index in [1.54, 1.807) is 0 Å². The minimum Gasteiger partial charge on any atom is -0.377 e. The molecule has 2 aromatic heterocycles. The molecule has 2 aromatic rings. The Morgan fingerprint density at radius 3 is 3.06 bits per heavy atom. The van der Waals surface area contributed by atoms with Crippen LogP contribution in [-0.2, 0) is 11.3 Å². The molecule has 2 rings (SSSR count). The second kappa shape index (κ2) is 5.80. The Morgan fingerprint density at radius 2 is 2.29 bits per heavy atom. The average Bonchev–Trinajstić information content (AvgIpc) is 2.70. The summed E-state index contributed by atoms with van der Waals surface area (Å²) >= 11 is 0. The Labute approximate surface area is 102 Å². The predicted octanol–water partition coefficient (Wildman–Crippen LogP) is 1.85. The number of hydrogen-bond acceptors (Lipinski definition) is 3. The first-order chi connectivity index (χ1) is 8.25. The lowest BCUT2D eigenvalue weighted by atomic mass is 10.4. The quantitative estimate of drug-likeness (QED) is 0.774. The van der Waals surface area contributed by atoms with Gasteiger partial charge in [-0.05, 0) is 26.0 Å². The maximum Gasteiger partial charge on any atom is 0.137 e. The highest BCUT2D eigenvalue weighted by atomic mass is 16.5. The summed E-state index contributed by atoms with van der Waals surface area (Å²) < 4.78 is 7.48. The van der Waals surface area contributed by atoms with Crippen LogP contribution in [0.5, 0.6) is 0 Å². The van der Waals surface area contributed by atoms with Gasteiger partial charge in [-0.15, -0.1) is 0 Å². The van der Waals surface area contributed by atoms with Gasteiger partial charge < -0.3 is 14.5 Å². The maximum atomic E-state index is 5.45. The number of nitrogens with one attached hydrogen (secondary N) is 1. The standard InChI is InChI=1S/C13H19N3O/c1-11(2)17-8-6-14-9-12-10-16-7-4-3-5-13(16)15-12/h3-5,7,10-11,14H,6,8-9H2,1-2H3. The number of ether oxygens (including phenoxy) is 1. The van der Waals surface area contributed by atoms with Crippen molar-refractivity contribution < 1.29 is 4.74 Å². The van der Waals surface area contributed by atoms with E-state index in [2.05, 4.69) is 10.3 Å². The first-order valence-electron chi connectivity index (χ1n) is 6.00. The molecule has 1 N–H and O–H groups in total. The van der Waals surface area contributed by atoms with Gasteiger partial charge in [0.25, 0.3) is 0 Å². The van der Waals surface area contributed by atoms with Crippen LogP contribution in [0.2, 0.25) is 0 Å². The van der Waals surface area contributed by atoms with Crippen LogP contribution in [0.1, 0.15) is 19.5 Å². The van der Waals surface area contributed by atoms with Gasteiger partial charge in [0, 0.05) is 25.5 Å². The molecule has 0 saturated heterocycles. The van der Waals surface area contributed by atoms with Gasteiger partial charge in [-0.25, -0.2) is 4.98 Å². The van der Waals surface area contributed by atoms with Crippen molar-refractivity contribution >= 4 is 5.65 Å². The number of hydrogen-bond donors (Lipinski definition) is 1. The molecule has 0 radical (unpaired) electrons. The van der Waals surface area contributed by atoms with Crippen molar-refractivity contribution in [3.05, 3.63) is 36.3 Å². The van der Waals surface area contributed by atoms with E-state index in [1.165, 1.54) is 0 Å². The van der Waals surface area contributed by atoms with E-state index in [0.717, 1.165) is 31.0 Å². The summed E-state index contributed by atoms with van der Waals surface area (Å²) in [4.78, 5) is 4.51. The summed E-state index contributed by atoms with van der Waals surface area (Å²) in [6.45, 7) is 6.46. The third-order valence-electron chi connectivity index (χ3n) is 2.45. The maximum absolute atomic E-state index is 5.45. The Morgan fingerprint density at radius 1 is 1.41 bits per heavy atom. The van der Waals surface area contributed by atoms with Crippen LogP contribution in [0.15, 0.2) is 30.6 Å². The van der Waals surface area contributed by atoms with Gasteiger partial charge in [0.05, 0.1) is 18.4 Å². The summed E-state index contributed by atoms with van der Waals surface area (Å²) in [5, 5.41) is 3.32. The van der Waals surface area contributed by atoms with Crippen molar-refractivity contribution in [2.75, 3.05) is 13.2 Å². The molecule has 0 aliphatic carbocycles. The van der Waals surface area contributed by atoms with Crippen LogP contribution in [0.4, 0.5) is 0 Å². The molecule has 17 heavy (non-hydrogen) atoms. The molecule has 2 heterocycles. The highest BCUT2D eigenvalue weighted by Crippen LogP contribution is 2.03. The fourth-order valence-corrected chi connectivity index (χ4v) is 1.66. The lowest BCUT2D eigenvalue weighted by Crippen LogP contribution is -2.21. The molecule has 0 aromatic carbocycles. The summed E-state index contributed by atoms with van der Waals surface area (Å²) in [5.74, 6) is 0. The van der Waals surface area contributed by atoms with Crippen molar-refractivity contribution in [3.8, 4) is 0 Å². The third kappa shape index (κ3) is 3.54. The van der Waals surface area contributed by atoms with E-state index < -0.39 is 0 Å². The van der Waals surface area contributed by atoms with E-state index >= 15 is 0 Å². The van der Waals surface area contributed by atoms with E-state index in [1.807, 2.05) is 48.8 Å². The van der Waals surface area contributed by atoms with Gasteiger partial charge in [0.2, 0.25) is 0 Å². The van der Waals surface area contributed by atoms with Crippen LogP contribution in [0, 0.1) is 0 Å². The molecule has 0 aliphatic heterocycles. The normalized spacial score (nSPS) is 11.5. The van der Waals surface area contributed by atoms with E-state index in [-0.39, 0.29) is 0 Å². The average molecular weight is 233 g/mol. The van der Waals surface area contributed by atoms with Crippen molar-refractivity contribution in [1.82, 2.24) is 14.7 Å². The zero-order chi connectivity index (χ0) is 12.1. The summed E-state index contributed by atoms with van der Waals surface area (Å²) in [6.07, 6.45) is 4.35. The monoisotopic (exact) mass is 233 g/mol. The topological polar surface area (TPSA) is 38.6 Å². The SMILES string of the molecule is CC(C)OCCNCc1cn2ccccc2n1. The summed E-state index contributed by atoms with van der Waals surface area (Å²) in [5.41, 5.74) is 2.04. The second-order valence-corrected chi connectivity index (χ2v) is 4.29. The minimum absolute atomic E-state index is 0.298. The van der Waals surface area contributed by atoms with Gasteiger partial charge >= 0.3 is 0 Å². The number of fused-ring (bicyclic) bond motifs is 1. The fraction of sp³-hybridized carbons (Fsp3) is 0.462. The predicted molar refractivity (Wildman–Crippen MR) is 68.0 cm³/mol. The molecular formula is C13H19N3O. The van der Waals surface area contributed by atoms with Gasteiger partial charge in [-0.1, -0.05) is 6.07 Å². The molecule has 0 saturated carbocycles. The Hall–Kier alpha value is -1.39. The highest BCUT2D eigenvalue weighted by Gasteiger charge is 2.00. The molecule has 0 fully saturated rings. The smallest absolute Gasteiger partial charge is 0.137 e. The molecule has 0 amide bonds. The Balaban J connectivity index is 1.79. The Bertz CT molecular complexity index is 431. The number of pyridine rings is 1. The van der Waals surface area contributed by atoms with E-state index in [9.17, 15) is 0 Å². The van der Waals surface area contributed by atoms with Crippen molar-refractivity contribution in [2.24, 2.45) is 0 Å². The molecule has 0 atom stereocenters. The zero-order valence-corrected chi connectivity index (χ0v) is 10.4. The molecule has 4 heteroatoms. The van der Waals surface area contributed by atoms with Gasteiger partial charge in [-0.2, -0.15) is 0 Å². The first-order valence-corrected chi connectivity index (χ1v) is 6.00. The summed E-state index contributed by atoms with van der Waals surface area (Å²) in [7, 11) is 0. The molecule has 4 nitrogen and oxygen atoms in total. The van der Waals surface area contributed by atoms with Gasteiger partial charge in [0.15, 0.2) is 0 Å². The molecular weight excluding hydrogens is 214 g/mol. The van der Waals surface area contributed by atoms with Crippen LogP contribution in [0.3, 0.4) is 0 Å². The largest absolute Gasteiger partial charge is 0.377 e. The van der Waals surface area contributed by atoms with Gasteiger partial charge in [0.1, 0.15) is 5.65 Å². The molecule has 0 bridgehead atoms. The van der Waals surface area contributed by atoms with E-state index in [0.29, 0.717) is 6.10 Å². The fourth-order valence-electron chi connectivity index (χ4n) is 1.66. The van der Waals surface area contributed by atoms with E-state index in [4.69, 9.17) is 4.74 Å². The number of nitrogens with zero attached hydrogens (tertiary/aromatic N) is 2. The number of aromatic nitrogens is 2. The molecule has 0 spiro atoms. The molecule has 92 valence electrons. The Kier molecular flexibility index (Phi) is 4.12. The minimum atomic E-state index is 0.298. The van der Waals surface area contributed by atoms with Crippen molar-refractivity contribution in [2.45, 2.75) is 26.5 Å². The molecule has 0 aliphatic rings. The second-order valence-electron chi connectivity index (χ2n) is 4.29. The lowest BCUT2D eigenvalue weighted by molar-refractivity contribution is 0.0807. The van der Waals surface area contributed by atoms with Crippen LogP contribution in [0.25, 0.3) is 5.65 Å². The van der Waals surface area contributed by atoms with Crippen LogP contribution in [-0.4, -0.2) is 28.6 Å². The first kappa shape index (κ1) is 12.1. The van der Waals surface area contributed by atoms with Crippen molar-refractivity contribution in [1.29, 1.82) is 0 Å². The van der Waals surface area contributed by atoms with Gasteiger partial charge in [-0.3, -0.25) is 0 Å².